The van der Waals surface area contributed by atoms with Crippen LogP contribution in [0.2, 0.25) is 0 Å². The zero-order chi connectivity index (χ0) is 23.2. The number of benzene rings is 2. The highest BCUT2D eigenvalue weighted by Gasteiger charge is 2.18. The van der Waals surface area contributed by atoms with E-state index >= 15 is 0 Å². The molecule has 168 valence electrons. The van der Waals surface area contributed by atoms with E-state index < -0.39 is 0 Å². The largest absolute Gasteiger partial charge is 0.355 e. The van der Waals surface area contributed by atoms with Gasteiger partial charge >= 0.3 is 0 Å². The monoisotopic (exact) mass is 457 g/mol. The van der Waals surface area contributed by atoms with Crippen LogP contribution >= 0.6 is 11.8 Å². The molecule has 0 atom stereocenters. The molecule has 0 radical (unpaired) electrons. The van der Waals surface area contributed by atoms with E-state index in [1.807, 2.05) is 35.8 Å². The lowest BCUT2D eigenvalue weighted by atomic mass is 10.0. The average molecular weight is 458 g/mol. The third-order valence-corrected chi connectivity index (χ3v) is 6.20. The molecule has 4 aromatic rings. The van der Waals surface area contributed by atoms with E-state index in [1.54, 1.807) is 0 Å². The Hall–Kier alpha value is -3.45. The number of allylic oxidation sites excluding steroid dienone is 1. The van der Waals surface area contributed by atoms with Gasteiger partial charge in [0.05, 0.1) is 17.0 Å². The summed E-state index contributed by atoms with van der Waals surface area (Å²) < 4.78 is 2.01. The summed E-state index contributed by atoms with van der Waals surface area (Å²) in [6.07, 6.45) is 2.73. The maximum Gasteiger partial charge on any atom is 0.230 e. The number of hydrogen-bond acceptors (Lipinski definition) is 5. The van der Waals surface area contributed by atoms with E-state index in [2.05, 4.69) is 65.4 Å². The average Bonchev–Trinajstić information content (AvgIpc) is 3.23. The van der Waals surface area contributed by atoms with Crippen molar-refractivity contribution in [1.29, 1.82) is 0 Å². The van der Waals surface area contributed by atoms with Gasteiger partial charge in [-0.1, -0.05) is 72.8 Å². The third-order valence-electron chi connectivity index (χ3n) is 5.24. The van der Waals surface area contributed by atoms with Gasteiger partial charge in [0.1, 0.15) is 0 Å². The van der Waals surface area contributed by atoms with Crippen LogP contribution in [0, 0.1) is 6.92 Å². The topological polar surface area (TPSA) is 72.7 Å². The molecule has 2 heterocycles. The Labute approximate surface area is 198 Å². The minimum Gasteiger partial charge on any atom is -0.355 e. The van der Waals surface area contributed by atoms with Crippen LogP contribution in [-0.2, 0) is 11.3 Å². The van der Waals surface area contributed by atoms with Gasteiger partial charge in [0.2, 0.25) is 5.91 Å². The second-order valence-electron chi connectivity index (χ2n) is 7.78. The molecule has 0 saturated heterocycles. The number of amides is 1. The molecular weight excluding hydrogens is 430 g/mol. The second-order valence-corrected chi connectivity index (χ2v) is 8.72. The normalized spacial score (nSPS) is 11.0. The number of rotatable bonds is 9. The summed E-state index contributed by atoms with van der Waals surface area (Å²) in [7, 11) is 0. The predicted octanol–water partition coefficient (Wildman–Crippen LogP) is 5.27. The van der Waals surface area contributed by atoms with Crippen molar-refractivity contribution < 1.29 is 4.79 Å². The molecule has 1 N–H and O–H groups in total. The molecule has 2 aromatic carbocycles. The zero-order valence-electron chi connectivity index (χ0n) is 18.9. The fraction of sp³-hybridized carbons (Fsp3) is 0.231. The number of hydrogen-bond donors (Lipinski definition) is 1. The van der Waals surface area contributed by atoms with Crippen LogP contribution < -0.4 is 5.32 Å². The van der Waals surface area contributed by atoms with Gasteiger partial charge in [-0.3, -0.25) is 9.36 Å². The van der Waals surface area contributed by atoms with Gasteiger partial charge in [0.25, 0.3) is 0 Å². The summed E-state index contributed by atoms with van der Waals surface area (Å²) in [5.74, 6) is 1.02. The summed E-state index contributed by atoms with van der Waals surface area (Å²) in [5, 5.41) is 13.5. The molecule has 0 saturated carbocycles. The van der Waals surface area contributed by atoms with Crippen LogP contribution in [0.25, 0.3) is 33.5 Å². The van der Waals surface area contributed by atoms with Crippen molar-refractivity contribution in [3.8, 4) is 22.6 Å². The third kappa shape index (κ3) is 5.14. The number of nitrogens with one attached hydrogen (secondary N) is 1. The Bertz CT molecular complexity index is 1280. The van der Waals surface area contributed by atoms with Gasteiger partial charge in [0, 0.05) is 29.6 Å². The van der Waals surface area contributed by atoms with Gasteiger partial charge in [-0.2, -0.15) is 0 Å². The number of nitrogens with zero attached hydrogens (tertiary/aromatic N) is 4. The van der Waals surface area contributed by atoms with E-state index in [0.717, 1.165) is 40.0 Å². The lowest BCUT2D eigenvalue weighted by Crippen LogP contribution is -2.25. The molecule has 0 unspecified atom stereocenters. The lowest BCUT2D eigenvalue weighted by Gasteiger charge is -2.12. The van der Waals surface area contributed by atoms with E-state index in [1.165, 1.54) is 17.3 Å². The standard InChI is InChI=1S/C26H27N5OS/c1-4-14-27-24(32)17-33-26-30-29-25(31(26)15-5-2)21-16-23(19-12-10-18(3)11-13-19)28-22-9-7-6-8-20(21)22/h5-13,16H,2,4,14-15,17H2,1,3H3,(H,27,32). The summed E-state index contributed by atoms with van der Waals surface area (Å²) in [4.78, 5) is 17.0. The van der Waals surface area contributed by atoms with Crippen LogP contribution in [0.15, 0.2) is 72.4 Å². The smallest absolute Gasteiger partial charge is 0.230 e. The molecule has 0 aliphatic heterocycles. The van der Waals surface area contributed by atoms with Crippen molar-refractivity contribution in [2.75, 3.05) is 12.3 Å². The quantitative estimate of drug-likeness (QED) is 0.274. The summed E-state index contributed by atoms with van der Waals surface area (Å²) in [6, 6.07) is 18.5. The fourth-order valence-corrected chi connectivity index (χ4v) is 4.34. The van der Waals surface area contributed by atoms with Crippen LogP contribution in [0.1, 0.15) is 18.9 Å². The number of thioether (sulfide) groups is 1. The minimum atomic E-state index is -0.00688. The van der Waals surface area contributed by atoms with Crippen molar-refractivity contribution in [2.45, 2.75) is 32.0 Å². The van der Waals surface area contributed by atoms with Crippen molar-refractivity contribution in [1.82, 2.24) is 25.1 Å². The first-order valence-corrected chi connectivity index (χ1v) is 12.0. The fourth-order valence-electron chi connectivity index (χ4n) is 3.57. The SMILES string of the molecule is C=CCn1c(SCC(=O)NCCC)nnc1-c1cc(-c2ccc(C)cc2)nc2ccccc12. The van der Waals surface area contributed by atoms with Gasteiger partial charge in [-0.05, 0) is 25.5 Å². The molecule has 7 heteroatoms. The molecule has 4 rings (SSSR count). The highest BCUT2D eigenvalue weighted by molar-refractivity contribution is 7.99. The molecule has 2 aromatic heterocycles. The van der Waals surface area contributed by atoms with Crippen LogP contribution in [0.3, 0.4) is 0 Å². The Morgan fingerprint density at radius 2 is 1.94 bits per heavy atom. The number of pyridine rings is 1. The van der Waals surface area contributed by atoms with Crippen molar-refractivity contribution in [3.05, 3.63) is 72.8 Å². The maximum atomic E-state index is 12.1. The van der Waals surface area contributed by atoms with Crippen molar-refractivity contribution >= 4 is 28.6 Å². The van der Waals surface area contributed by atoms with Crippen molar-refractivity contribution in [2.24, 2.45) is 0 Å². The molecule has 33 heavy (non-hydrogen) atoms. The minimum absolute atomic E-state index is 0.00688. The molecule has 0 bridgehead atoms. The van der Waals surface area contributed by atoms with Gasteiger partial charge in [0.15, 0.2) is 11.0 Å². The van der Waals surface area contributed by atoms with Crippen molar-refractivity contribution in [3.63, 3.8) is 0 Å². The van der Waals surface area contributed by atoms with E-state index in [9.17, 15) is 4.79 Å². The van der Waals surface area contributed by atoms with Crippen LogP contribution in [0.4, 0.5) is 0 Å². The first kappa shape index (κ1) is 22.7. The first-order valence-electron chi connectivity index (χ1n) is 11.0. The molecule has 0 aliphatic carbocycles. The number of aromatic nitrogens is 4. The first-order chi connectivity index (χ1) is 16.1. The number of aryl methyl sites for hydroxylation is 1. The summed E-state index contributed by atoms with van der Waals surface area (Å²) in [6.45, 7) is 9.22. The molecular formula is C26H27N5OS. The summed E-state index contributed by atoms with van der Waals surface area (Å²) >= 11 is 1.38. The number of fused-ring (bicyclic) bond motifs is 1. The molecule has 1 amide bonds. The van der Waals surface area contributed by atoms with Gasteiger partial charge in [-0.25, -0.2) is 4.98 Å². The molecule has 6 nitrogen and oxygen atoms in total. The number of para-hydroxylation sites is 1. The van der Waals surface area contributed by atoms with E-state index in [-0.39, 0.29) is 5.91 Å². The highest BCUT2D eigenvalue weighted by atomic mass is 32.2. The van der Waals surface area contributed by atoms with Crippen LogP contribution in [-0.4, -0.2) is 38.0 Å². The van der Waals surface area contributed by atoms with E-state index in [0.29, 0.717) is 24.0 Å². The Morgan fingerprint density at radius 3 is 2.70 bits per heavy atom. The maximum absolute atomic E-state index is 12.1. The molecule has 0 aliphatic rings. The lowest BCUT2D eigenvalue weighted by molar-refractivity contribution is -0.118. The molecule has 0 fully saturated rings. The number of carbonyl (C=O) groups excluding carboxylic acids is 1. The zero-order valence-corrected chi connectivity index (χ0v) is 19.7. The van der Waals surface area contributed by atoms with E-state index in [4.69, 9.17) is 4.98 Å². The predicted molar refractivity (Wildman–Crippen MR) is 135 cm³/mol. The van der Waals surface area contributed by atoms with Gasteiger partial charge in [-0.15, -0.1) is 16.8 Å². The summed E-state index contributed by atoms with van der Waals surface area (Å²) in [5.41, 5.74) is 4.98. The Kier molecular flexibility index (Phi) is 7.19. The Morgan fingerprint density at radius 1 is 1.15 bits per heavy atom. The Balaban J connectivity index is 1.77. The van der Waals surface area contributed by atoms with Crippen LogP contribution in [0.5, 0.6) is 0 Å². The molecule has 0 spiro atoms. The second kappa shape index (κ2) is 10.4. The number of carbonyl (C=O) groups is 1. The van der Waals surface area contributed by atoms with Gasteiger partial charge < -0.3 is 5.32 Å². The highest BCUT2D eigenvalue weighted by Crippen LogP contribution is 2.33.